The van der Waals surface area contributed by atoms with Gasteiger partial charge in [0, 0.05) is 45.4 Å². The molecule has 3 heterocycles. The van der Waals surface area contributed by atoms with E-state index in [-0.39, 0.29) is 10.8 Å². The summed E-state index contributed by atoms with van der Waals surface area (Å²) in [6, 6.07) is 35.7. The van der Waals surface area contributed by atoms with Gasteiger partial charge in [0.15, 0.2) is 0 Å². The zero-order valence-electron chi connectivity index (χ0n) is 31.9. The third-order valence-corrected chi connectivity index (χ3v) is 10.4. The van der Waals surface area contributed by atoms with Gasteiger partial charge in [-0.15, -0.1) is 0 Å². The number of hydrogen-bond acceptors (Lipinski definition) is 2. The second-order valence-electron chi connectivity index (χ2n) is 16.9. The minimum atomic E-state index is -0.0336. The highest BCUT2D eigenvalue weighted by molar-refractivity contribution is 6.16. The van der Waals surface area contributed by atoms with Crippen molar-refractivity contribution < 1.29 is 0 Å². The lowest BCUT2D eigenvalue weighted by Crippen LogP contribution is -2.11. The molecule has 7 aromatic rings. The molecular formula is C48H51N3. The topological polar surface area (TPSA) is 41.6 Å². The monoisotopic (exact) mass is 669 g/mol. The molecule has 0 bridgehead atoms. The fourth-order valence-electron chi connectivity index (χ4n) is 7.36. The summed E-state index contributed by atoms with van der Waals surface area (Å²) in [5.74, 6) is 0.862. The lowest BCUT2D eigenvalue weighted by Gasteiger charge is -2.22. The average Bonchev–Trinajstić information content (AvgIpc) is 3.49. The number of hydrogen-bond donors (Lipinski definition) is 1. The van der Waals surface area contributed by atoms with Gasteiger partial charge < -0.3 is 4.98 Å². The molecule has 0 aliphatic carbocycles. The normalized spacial score (nSPS) is 12.5. The van der Waals surface area contributed by atoms with Gasteiger partial charge in [-0.1, -0.05) is 118 Å². The van der Waals surface area contributed by atoms with Crippen molar-refractivity contribution in [1.82, 2.24) is 15.0 Å². The van der Waals surface area contributed by atoms with Crippen LogP contribution in [-0.4, -0.2) is 15.0 Å². The molecule has 258 valence electrons. The van der Waals surface area contributed by atoms with Gasteiger partial charge in [0.05, 0.1) is 22.4 Å². The number of rotatable bonds is 6. The van der Waals surface area contributed by atoms with Crippen LogP contribution in [-0.2, 0) is 10.8 Å². The molecule has 4 aromatic carbocycles. The van der Waals surface area contributed by atoms with Crippen LogP contribution in [0.25, 0.3) is 66.6 Å². The maximum Gasteiger partial charge on any atom is 0.0723 e. The molecule has 3 nitrogen and oxygen atoms in total. The van der Waals surface area contributed by atoms with E-state index in [1.54, 1.807) is 0 Å². The number of pyridine rings is 2. The Morgan fingerprint density at radius 1 is 0.510 bits per heavy atom. The van der Waals surface area contributed by atoms with Crippen molar-refractivity contribution in [1.29, 1.82) is 0 Å². The maximum absolute atomic E-state index is 5.08. The predicted molar refractivity (Wildman–Crippen MR) is 219 cm³/mol. The maximum atomic E-state index is 5.08. The molecule has 0 amide bonds. The van der Waals surface area contributed by atoms with Gasteiger partial charge in [-0.25, -0.2) is 0 Å². The van der Waals surface area contributed by atoms with Gasteiger partial charge in [0.25, 0.3) is 0 Å². The summed E-state index contributed by atoms with van der Waals surface area (Å²) in [6.45, 7) is 22.9. The number of H-pyrrole nitrogens is 1. The minimum Gasteiger partial charge on any atom is -0.353 e. The summed E-state index contributed by atoms with van der Waals surface area (Å²) >= 11 is 0. The van der Waals surface area contributed by atoms with Gasteiger partial charge in [0.2, 0.25) is 0 Å². The molecule has 7 rings (SSSR count). The molecule has 0 saturated heterocycles. The van der Waals surface area contributed by atoms with E-state index in [2.05, 4.69) is 171 Å². The van der Waals surface area contributed by atoms with Gasteiger partial charge in [0.1, 0.15) is 0 Å². The van der Waals surface area contributed by atoms with Crippen molar-refractivity contribution in [2.24, 2.45) is 0 Å². The van der Waals surface area contributed by atoms with Crippen LogP contribution in [0.15, 0.2) is 109 Å². The van der Waals surface area contributed by atoms with Crippen molar-refractivity contribution in [3.05, 3.63) is 132 Å². The van der Waals surface area contributed by atoms with Crippen molar-refractivity contribution in [2.75, 3.05) is 0 Å². The largest absolute Gasteiger partial charge is 0.353 e. The molecule has 0 spiro atoms. The molecular weight excluding hydrogens is 619 g/mol. The number of aromatic nitrogens is 3. The fraction of sp³-hybridized carbons (Fsp3) is 0.292. The van der Waals surface area contributed by atoms with Crippen LogP contribution in [0.2, 0.25) is 0 Å². The lowest BCUT2D eigenvalue weighted by atomic mass is 9.82. The SMILES string of the molecule is CC(C)c1cccc(C(C)C)c1-c1ccc(-c2cccc(-c3cc(C(C)(C)C)cc4c3[nH]c3c(-c5ccccn5)cc(C(C)(C)C)cc34)c2)nc1. The third kappa shape index (κ3) is 6.51. The van der Waals surface area contributed by atoms with Crippen LogP contribution in [0.5, 0.6) is 0 Å². The zero-order chi connectivity index (χ0) is 36.2. The molecule has 0 aliphatic heterocycles. The summed E-state index contributed by atoms with van der Waals surface area (Å²) in [5, 5.41) is 2.48. The van der Waals surface area contributed by atoms with Gasteiger partial charge in [-0.05, 0) is 105 Å². The third-order valence-electron chi connectivity index (χ3n) is 10.4. The number of aromatic amines is 1. The number of benzene rings is 4. The lowest BCUT2D eigenvalue weighted by molar-refractivity contribution is 0.590. The highest BCUT2D eigenvalue weighted by Crippen LogP contribution is 2.43. The first kappa shape index (κ1) is 34.4. The Morgan fingerprint density at radius 2 is 1.10 bits per heavy atom. The Bertz CT molecular complexity index is 2330. The summed E-state index contributed by atoms with van der Waals surface area (Å²) in [7, 11) is 0. The molecule has 3 heteroatoms. The second-order valence-corrected chi connectivity index (χ2v) is 16.9. The molecule has 3 aromatic heterocycles. The van der Waals surface area contributed by atoms with E-state index < -0.39 is 0 Å². The molecule has 51 heavy (non-hydrogen) atoms. The summed E-state index contributed by atoms with van der Waals surface area (Å²) in [4.78, 5) is 13.8. The molecule has 0 saturated carbocycles. The Kier molecular flexibility index (Phi) is 8.74. The van der Waals surface area contributed by atoms with E-state index in [0.717, 1.165) is 33.5 Å². The van der Waals surface area contributed by atoms with E-state index in [4.69, 9.17) is 9.97 Å². The summed E-state index contributed by atoms with van der Waals surface area (Å²) < 4.78 is 0. The van der Waals surface area contributed by atoms with E-state index in [9.17, 15) is 0 Å². The van der Waals surface area contributed by atoms with Crippen molar-refractivity contribution in [3.8, 4) is 44.8 Å². The number of fused-ring (bicyclic) bond motifs is 3. The number of nitrogens with one attached hydrogen (secondary N) is 1. The van der Waals surface area contributed by atoms with Gasteiger partial charge in [-0.2, -0.15) is 0 Å². The summed E-state index contributed by atoms with van der Waals surface area (Å²) in [5.41, 5.74) is 16.6. The fourth-order valence-corrected chi connectivity index (χ4v) is 7.36. The molecule has 0 aliphatic rings. The molecule has 0 unspecified atom stereocenters. The van der Waals surface area contributed by atoms with Crippen molar-refractivity contribution in [2.45, 2.75) is 91.9 Å². The Hall–Kier alpha value is -5.02. The first-order valence-corrected chi connectivity index (χ1v) is 18.5. The van der Waals surface area contributed by atoms with Crippen LogP contribution in [0.4, 0.5) is 0 Å². The van der Waals surface area contributed by atoms with Gasteiger partial charge in [-0.3, -0.25) is 9.97 Å². The second kappa shape index (κ2) is 12.9. The first-order valence-electron chi connectivity index (χ1n) is 18.5. The quantitative estimate of drug-likeness (QED) is 0.191. The van der Waals surface area contributed by atoms with E-state index >= 15 is 0 Å². The van der Waals surface area contributed by atoms with Crippen LogP contribution < -0.4 is 0 Å². The molecule has 0 radical (unpaired) electrons. The highest BCUT2D eigenvalue weighted by Gasteiger charge is 2.24. The smallest absolute Gasteiger partial charge is 0.0723 e. The van der Waals surface area contributed by atoms with Gasteiger partial charge >= 0.3 is 0 Å². The van der Waals surface area contributed by atoms with E-state index in [1.165, 1.54) is 55.3 Å². The Labute approximate surface area is 304 Å². The molecule has 0 atom stereocenters. The minimum absolute atomic E-state index is 0.0180. The zero-order valence-corrected chi connectivity index (χ0v) is 31.9. The van der Waals surface area contributed by atoms with E-state index in [0.29, 0.717) is 11.8 Å². The molecule has 0 fully saturated rings. The molecule has 1 N–H and O–H groups in total. The van der Waals surface area contributed by atoms with Crippen molar-refractivity contribution >= 4 is 21.8 Å². The Morgan fingerprint density at radius 3 is 1.65 bits per heavy atom. The standard InChI is InChI=1S/C48H51N3/c1-29(2)36-17-14-18-37(30(3)4)44(36)33-20-21-42(50-28-33)32-16-13-15-31(23-32)38-24-34(47(5,6)7)25-39-40-26-35(48(8,9)10)27-41(46(40)51-45(38)39)43-19-11-12-22-49-43/h11-30,51H,1-10H3. The highest BCUT2D eigenvalue weighted by atomic mass is 14.7. The number of nitrogens with zero attached hydrogens (tertiary/aromatic N) is 2. The first-order chi connectivity index (χ1) is 24.2. The Balaban J connectivity index is 1.40. The van der Waals surface area contributed by atoms with Crippen LogP contribution >= 0.6 is 0 Å². The van der Waals surface area contributed by atoms with E-state index in [1.807, 2.05) is 12.3 Å². The van der Waals surface area contributed by atoms with Crippen LogP contribution in [0, 0.1) is 0 Å². The van der Waals surface area contributed by atoms with Crippen LogP contribution in [0.3, 0.4) is 0 Å². The predicted octanol–water partition coefficient (Wildman–Crippen LogP) is 13.6. The van der Waals surface area contributed by atoms with Crippen LogP contribution in [0.1, 0.15) is 103 Å². The van der Waals surface area contributed by atoms with Crippen molar-refractivity contribution in [3.63, 3.8) is 0 Å². The average molecular weight is 670 g/mol. The summed E-state index contributed by atoms with van der Waals surface area (Å²) in [6.07, 6.45) is 3.95.